The Labute approximate surface area is 166 Å². The second-order valence-corrected chi connectivity index (χ2v) is 5.79. The Morgan fingerprint density at radius 3 is 2.52 bits per heavy atom. The molecular formula is C19H25IN4O. The van der Waals surface area contributed by atoms with Crippen molar-refractivity contribution in [1.29, 1.82) is 0 Å². The number of aliphatic imine (C=N–C) groups is 1. The van der Waals surface area contributed by atoms with E-state index < -0.39 is 0 Å². The molecular weight excluding hydrogens is 427 g/mol. The van der Waals surface area contributed by atoms with Crippen molar-refractivity contribution in [3.63, 3.8) is 0 Å². The molecule has 0 heterocycles. The van der Waals surface area contributed by atoms with Crippen molar-refractivity contribution in [1.82, 2.24) is 5.32 Å². The molecule has 0 saturated carbocycles. The lowest BCUT2D eigenvalue weighted by Gasteiger charge is -2.10. The number of hydrogen-bond donors (Lipinski definition) is 3. The molecule has 6 heteroatoms. The Kier molecular flexibility index (Phi) is 8.98. The van der Waals surface area contributed by atoms with E-state index >= 15 is 0 Å². The number of nitrogens with zero attached hydrogens (tertiary/aromatic N) is 1. The summed E-state index contributed by atoms with van der Waals surface area (Å²) in [6.45, 7) is 5.14. The summed E-state index contributed by atoms with van der Waals surface area (Å²) < 4.78 is 0. The second kappa shape index (κ2) is 10.7. The molecule has 4 N–H and O–H groups in total. The third-order valence-corrected chi connectivity index (χ3v) is 3.54. The van der Waals surface area contributed by atoms with Gasteiger partial charge in [0.1, 0.15) is 0 Å². The van der Waals surface area contributed by atoms with E-state index in [1.165, 1.54) is 5.56 Å². The molecule has 2 rings (SSSR count). The fraction of sp³-hybridized carbons (Fsp3) is 0.263. The number of amides is 1. The van der Waals surface area contributed by atoms with Crippen LogP contribution in [0.25, 0.3) is 0 Å². The third kappa shape index (κ3) is 7.13. The average molecular weight is 452 g/mol. The minimum atomic E-state index is -0.109. The molecule has 2 aromatic carbocycles. The number of anilines is 1. The first kappa shape index (κ1) is 21.0. The van der Waals surface area contributed by atoms with E-state index in [1.807, 2.05) is 30.3 Å². The number of carbonyl (C=O) groups excluding carboxylic acids is 1. The van der Waals surface area contributed by atoms with E-state index in [4.69, 9.17) is 5.73 Å². The van der Waals surface area contributed by atoms with Gasteiger partial charge >= 0.3 is 0 Å². The summed E-state index contributed by atoms with van der Waals surface area (Å²) in [5.74, 6) is 0.685. The number of hydrogen-bond acceptors (Lipinski definition) is 2. The Morgan fingerprint density at radius 2 is 1.84 bits per heavy atom. The maximum atomic E-state index is 11.9. The van der Waals surface area contributed by atoms with Crippen LogP contribution < -0.4 is 16.4 Å². The third-order valence-electron chi connectivity index (χ3n) is 3.54. The molecule has 0 atom stereocenters. The van der Waals surface area contributed by atoms with Crippen molar-refractivity contribution in [2.45, 2.75) is 19.8 Å². The number of guanidine groups is 1. The molecule has 134 valence electrons. The summed E-state index contributed by atoms with van der Waals surface area (Å²) >= 11 is 0. The summed E-state index contributed by atoms with van der Waals surface area (Å²) in [6, 6.07) is 17.2. The van der Waals surface area contributed by atoms with Gasteiger partial charge in [-0.3, -0.25) is 9.79 Å². The Balaban J connectivity index is 0.00000312. The molecule has 0 aliphatic carbocycles. The first-order valence-corrected chi connectivity index (χ1v) is 8.06. The lowest BCUT2D eigenvalue weighted by atomic mass is 10.0. The van der Waals surface area contributed by atoms with Gasteiger partial charge in [0.25, 0.3) is 5.91 Å². The lowest BCUT2D eigenvalue weighted by molar-refractivity contribution is 0.0955. The van der Waals surface area contributed by atoms with Crippen LogP contribution in [-0.4, -0.2) is 25.0 Å². The maximum Gasteiger partial charge on any atom is 0.251 e. The minimum Gasteiger partial charge on any atom is -0.370 e. The zero-order valence-corrected chi connectivity index (χ0v) is 16.9. The van der Waals surface area contributed by atoms with Gasteiger partial charge in [-0.25, -0.2) is 0 Å². The molecule has 0 saturated heterocycles. The van der Waals surface area contributed by atoms with Crippen molar-refractivity contribution >= 4 is 41.5 Å². The van der Waals surface area contributed by atoms with Crippen LogP contribution in [-0.2, 0) is 0 Å². The number of nitrogens with one attached hydrogen (secondary N) is 2. The highest BCUT2D eigenvalue weighted by atomic mass is 127. The van der Waals surface area contributed by atoms with Gasteiger partial charge in [-0.1, -0.05) is 44.2 Å². The summed E-state index contributed by atoms with van der Waals surface area (Å²) in [5, 5.41) is 5.88. The first-order valence-electron chi connectivity index (χ1n) is 8.06. The minimum absolute atomic E-state index is 0. The summed E-state index contributed by atoms with van der Waals surface area (Å²) in [7, 11) is 0. The molecule has 0 spiro atoms. The Morgan fingerprint density at radius 1 is 1.12 bits per heavy atom. The van der Waals surface area contributed by atoms with Crippen LogP contribution in [0.1, 0.15) is 35.7 Å². The van der Waals surface area contributed by atoms with Crippen LogP contribution in [0.3, 0.4) is 0 Å². The van der Waals surface area contributed by atoms with Crippen LogP contribution in [0.15, 0.2) is 59.6 Å². The van der Waals surface area contributed by atoms with E-state index in [2.05, 4.69) is 41.6 Å². The van der Waals surface area contributed by atoms with Crippen molar-refractivity contribution in [2.75, 3.05) is 18.4 Å². The summed E-state index contributed by atoms with van der Waals surface area (Å²) in [5.41, 5.74) is 8.67. The largest absolute Gasteiger partial charge is 0.370 e. The zero-order valence-electron chi connectivity index (χ0n) is 14.5. The van der Waals surface area contributed by atoms with E-state index in [0.29, 0.717) is 30.5 Å². The highest BCUT2D eigenvalue weighted by Crippen LogP contribution is 2.18. The molecule has 0 aliphatic heterocycles. The molecule has 5 nitrogen and oxygen atoms in total. The van der Waals surface area contributed by atoms with E-state index in [9.17, 15) is 4.79 Å². The van der Waals surface area contributed by atoms with Crippen molar-refractivity contribution in [3.8, 4) is 0 Å². The zero-order chi connectivity index (χ0) is 17.4. The highest BCUT2D eigenvalue weighted by molar-refractivity contribution is 14.0. The van der Waals surface area contributed by atoms with Crippen molar-refractivity contribution in [3.05, 3.63) is 65.7 Å². The highest BCUT2D eigenvalue weighted by Gasteiger charge is 2.03. The summed E-state index contributed by atoms with van der Waals surface area (Å²) in [4.78, 5) is 16.1. The first-order chi connectivity index (χ1) is 11.6. The van der Waals surface area contributed by atoms with E-state index in [0.717, 1.165) is 5.69 Å². The average Bonchev–Trinajstić information content (AvgIpc) is 2.59. The fourth-order valence-electron chi connectivity index (χ4n) is 2.20. The predicted octanol–water partition coefficient (Wildman–Crippen LogP) is 3.58. The standard InChI is InChI=1S/C19H24N4O.HI/c1-14(2)16-9-6-10-17(13-16)23-19(20)22-12-11-21-18(24)15-7-4-3-5-8-15;/h3-10,13-14H,11-12H2,1-2H3,(H,21,24)(H3,20,22,23);1H. The Hall–Kier alpha value is -2.09. The van der Waals surface area contributed by atoms with E-state index in [1.54, 1.807) is 12.1 Å². The van der Waals surface area contributed by atoms with Crippen LogP contribution in [0, 0.1) is 0 Å². The van der Waals surface area contributed by atoms with Crippen LogP contribution >= 0.6 is 24.0 Å². The molecule has 0 aromatic heterocycles. The van der Waals surface area contributed by atoms with E-state index in [-0.39, 0.29) is 29.9 Å². The van der Waals surface area contributed by atoms with Gasteiger partial charge in [-0.15, -0.1) is 24.0 Å². The number of halogens is 1. The monoisotopic (exact) mass is 452 g/mol. The summed E-state index contributed by atoms with van der Waals surface area (Å²) in [6.07, 6.45) is 0. The van der Waals surface area contributed by atoms with Gasteiger partial charge in [0.2, 0.25) is 0 Å². The molecule has 0 unspecified atom stereocenters. The lowest BCUT2D eigenvalue weighted by Crippen LogP contribution is -2.28. The number of carbonyl (C=O) groups is 1. The van der Waals surface area contributed by atoms with Gasteiger partial charge in [-0.05, 0) is 35.7 Å². The van der Waals surface area contributed by atoms with Gasteiger partial charge in [0, 0.05) is 17.8 Å². The molecule has 0 radical (unpaired) electrons. The molecule has 0 aliphatic rings. The van der Waals surface area contributed by atoms with Gasteiger partial charge in [0.15, 0.2) is 5.96 Å². The molecule has 0 fully saturated rings. The number of rotatable bonds is 6. The predicted molar refractivity (Wildman–Crippen MR) is 115 cm³/mol. The number of nitrogens with two attached hydrogens (primary N) is 1. The van der Waals surface area contributed by atoms with Gasteiger partial charge in [0.05, 0.1) is 6.54 Å². The van der Waals surface area contributed by atoms with Crippen LogP contribution in [0.4, 0.5) is 5.69 Å². The maximum absolute atomic E-state index is 11.9. The van der Waals surface area contributed by atoms with Crippen molar-refractivity contribution in [2.24, 2.45) is 10.7 Å². The van der Waals surface area contributed by atoms with Crippen molar-refractivity contribution < 1.29 is 4.79 Å². The molecule has 2 aromatic rings. The smallest absolute Gasteiger partial charge is 0.251 e. The number of benzene rings is 2. The topological polar surface area (TPSA) is 79.5 Å². The SMILES string of the molecule is CC(C)c1cccc(NC(N)=NCCNC(=O)c2ccccc2)c1.I. The van der Waals surface area contributed by atoms with Gasteiger partial charge < -0.3 is 16.4 Å². The van der Waals surface area contributed by atoms with Crippen LogP contribution in [0.2, 0.25) is 0 Å². The normalized spacial score (nSPS) is 10.9. The quantitative estimate of drug-likeness (QED) is 0.271. The molecule has 25 heavy (non-hydrogen) atoms. The second-order valence-electron chi connectivity index (χ2n) is 5.79. The van der Waals surface area contributed by atoms with Crippen LogP contribution in [0.5, 0.6) is 0 Å². The fourth-order valence-corrected chi connectivity index (χ4v) is 2.20. The molecule has 0 bridgehead atoms. The molecule has 1 amide bonds. The van der Waals surface area contributed by atoms with Gasteiger partial charge in [-0.2, -0.15) is 0 Å². The Bertz CT molecular complexity index is 702.